The van der Waals surface area contributed by atoms with Crippen LogP contribution in [0.5, 0.6) is 5.75 Å². The molecule has 1 unspecified atom stereocenters. The number of benzene rings is 2. The maximum absolute atomic E-state index is 11.0. The second kappa shape index (κ2) is 7.82. The van der Waals surface area contributed by atoms with Crippen LogP contribution in [0.4, 0.5) is 0 Å². The summed E-state index contributed by atoms with van der Waals surface area (Å²) >= 11 is 11.5. The van der Waals surface area contributed by atoms with Gasteiger partial charge in [-0.3, -0.25) is 0 Å². The first kappa shape index (κ1) is 21.9. The van der Waals surface area contributed by atoms with Crippen molar-refractivity contribution >= 4 is 34.9 Å². The summed E-state index contributed by atoms with van der Waals surface area (Å²) in [7, 11) is -0.379. The zero-order chi connectivity index (χ0) is 21.6. The van der Waals surface area contributed by atoms with E-state index in [-0.39, 0.29) is 21.3 Å². The summed E-state index contributed by atoms with van der Waals surface area (Å²) in [4.78, 5) is 0. The van der Waals surface area contributed by atoms with Gasteiger partial charge in [0.25, 0.3) is 0 Å². The van der Waals surface area contributed by atoms with Gasteiger partial charge in [0.2, 0.25) is 0 Å². The van der Waals surface area contributed by atoms with Crippen LogP contribution >= 0.6 is 34.9 Å². The van der Waals surface area contributed by atoms with E-state index in [9.17, 15) is 5.11 Å². The third-order valence-electron chi connectivity index (χ3n) is 4.93. The van der Waals surface area contributed by atoms with E-state index in [2.05, 4.69) is 58.8 Å². The van der Waals surface area contributed by atoms with Crippen molar-refractivity contribution in [3.63, 3.8) is 0 Å². The standard InChI is InChI=1S/C23H28N2OS3/c1-22(2,3)17-12-15(13-18(19(17)26)23(4,5)6)14-29-20(27)24-25(21(29)28)16-10-8-7-9-11-16/h7-13H,14H2,1-6H3,(H-,24,26,27)/p+1. The highest BCUT2D eigenvalue weighted by Crippen LogP contribution is 2.41. The lowest BCUT2D eigenvalue weighted by Gasteiger charge is -2.28. The number of aromatic amines is 1. The van der Waals surface area contributed by atoms with E-state index >= 15 is 0 Å². The van der Waals surface area contributed by atoms with Crippen LogP contribution in [-0.4, -0.2) is 14.9 Å². The monoisotopic (exact) mass is 445 g/mol. The molecule has 0 aliphatic rings. The Balaban J connectivity index is 2.13. The van der Waals surface area contributed by atoms with Crippen molar-refractivity contribution in [2.45, 2.75) is 58.1 Å². The van der Waals surface area contributed by atoms with E-state index in [1.165, 1.54) is 0 Å². The van der Waals surface area contributed by atoms with Crippen LogP contribution < -0.4 is 0 Å². The van der Waals surface area contributed by atoms with Gasteiger partial charge in [0, 0.05) is 0 Å². The Morgan fingerprint density at radius 2 is 1.45 bits per heavy atom. The molecule has 0 saturated heterocycles. The van der Waals surface area contributed by atoms with Crippen LogP contribution in [0.25, 0.3) is 5.69 Å². The molecule has 6 heteroatoms. The molecule has 2 aromatic carbocycles. The van der Waals surface area contributed by atoms with Crippen molar-refractivity contribution in [2.24, 2.45) is 0 Å². The summed E-state index contributed by atoms with van der Waals surface area (Å²) < 4.78 is 3.49. The van der Waals surface area contributed by atoms with Crippen molar-refractivity contribution in [1.29, 1.82) is 0 Å². The summed E-state index contributed by atoms with van der Waals surface area (Å²) in [6.45, 7) is 12.8. The number of para-hydroxylation sites is 1. The van der Waals surface area contributed by atoms with E-state index in [1.54, 1.807) is 0 Å². The Morgan fingerprint density at radius 3 is 1.93 bits per heavy atom. The van der Waals surface area contributed by atoms with Gasteiger partial charge in [-0.15, -0.1) is 0 Å². The third-order valence-corrected chi connectivity index (χ3v) is 8.18. The molecule has 0 fully saturated rings. The highest BCUT2D eigenvalue weighted by Gasteiger charge is 2.27. The van der Waals surface area contributed by atoms with Gasteiger partial charge in [-0.1, -0.05) is 59.7 Å². The molecular weight excluding hydrogens is 416 g/mol. The highest BCUT2D eigenvalue weighted by molar-refractivity contribution is 7.77. The minimum Gasteiger partial charge on any atom is -0.507 e. The number of hydrogen-bond donors (Lipinski definition) is 2. The van der Waals surface area contributed by atoms with Gasteiger partial charge >= 0.3 is 7.91 Å². The molecule has 0 saturated carbocycles. The number of H-pyrrole nitrogens is 1. The van der Waals surface area contributed by atoms with Crippen LogP contribution in [0.15, 0.2) is 42.5 Å². The van der Waals surface area contributed by atoms with E-state index < -0.39 is 0 Å². The fraction of sp³-hybridized carbons (Fsp3) is 0.391. The molecule has 0 aliphatic heterocycles. The fourth-order valence-corrected chi connectivity index (χ4v) is 6.07. The van der Waals surface area contributed by atoms with Gasteiger partial charge in [-0.25, -0.2) is 9.78 Å². The number of nitrogens with zero attached hydrogens (tertiary/aromatic N) is 1. The van der Waals surface area contributed by atoms with Gasteiger partial charge in [-0.2, -0.15) is 0 Å². The summed E-state index contributed by atoms with van der Waals surface area (Å²) in [6.07, 6.45) is 0. The first-order chi connectivity index (χ1) is 13.4. The molecule has 0 aliphatic carbocycles. The molecule has 3 nitrogen and oxygen atoms in total. The molecule has 3 rings (SSSR count). The molecule has 0 bridgehead atoms. The Hall–Kier alpha value is -1.76. The van der Waals surface area contributed by atoms with Gasteiger partial charge in [0.1, 0.15) is 5.75 Å². The molecule has 0 amide bonds. The van der Waals surface area contributed by atoms with Crippen molar-refractivity contribution in [3.05, 3.63) is 67.1 Å². The topological polar surface area (TPSA) is 41.0 Å². The number of phenolic OH excluding ortho intramolecular Hbond substituents is 1. The van der Waals surface area contributed by atoms with E-state index in [4.69, 9.17) is 24.4 Å². The number of nitrogens with one attached hydrogen (secondary N) is 1. The van der Waals surface area contributed by atoms with Gasteiger partial charge < -0.3 is 5.11 Å². The second-order valence-corrected chi connectivity index (χ2v) is 12.6. The molecule has 1 atom stereocenters. The molecule has 1 heterocycles. The average molecular weight is 446 g/mol. The molecule has 0 spiro atoms. The molecular formula is C23H29N2OS3+. The predicted molar refractivity (Wildman–Crippen MR) is 129 cm³/mol. The number of hydrogen-bond acceptors (Lipinski definition) is 3. The number of aromatic hydroxyl groups is 1. The molecule has 0 radical (unpaired) electrons. The van der Waals surface area contributed by atoms with Crippen LogP contribution in [-0.2, 0) is 16.6 Å². The van der Waals surface area contributed by atoms with Crippen LogP contribution in [0.2, 0.25) is 0 Å². The zero-order valence-corrected chi connectivity index (χ0v) is 20.3. The lowest BCUT2D eigenvalue weighted by Crippen LogP contribution is -2.17. The summed E-state index contributed by atoms with van der Waals surface area (Å²) in [5.74, 6) is 1.14. The summed E-state index contributed by atoms with van der Waals surface area (Å²) in [6, 6.07) is 14.2. The summed E-state index contributed by atoms with van der Waals surface area (Å²) in [5, 5.41) is 14.2. The fourth-order valence-electron chi connectivity index (χ4n) is 3.34. The number of phenols is 1. The van der Waals surface area contributed by atoms with Crippen molar-refractivity contribution in [2.75, 3.05) is 0 Å². The quantitative estimate of drug-likeness (QED) is 0.327. The predicted octanol–water partition coefficient (Wildman–Crippen LogP) is 7.36. The lowest BCUT2D eigenvalue weighted by atomic mass is 9.78. The van der Waals surface area contributed by atoms with Gasteiger partial charge in [-0.05, 0) is 62.3 Å². The van der Waals surface area contributed by atoms with Crippen LogP contribution in [0.1, 0.15) is 58.2 Å². The molecule has 2 N–H and O–H groups in total. The van der Waals surface area contributed by atoms with Crippen molar-refractivity contribution < 1.29 is 5.11 Å². The SMILES string of the molecule is CC(C)(C)c1cc(C[s+]2c(=S)[nH]n(-c3ccccc3)c2=S)cc(C(C)(C)C)c1O. The Kier molecular flexibility index (Phi) is 5.91. The normalized spacial score (nSPS) is 13.0. The van der Waals surface area contributed by atoms with E-state index in [0.29, 0.717) is 5.75 Å². The van der Waals surface area contributed by atoms with Crippen LogP contribution in [0.3, 0.4) is 0 Å². The maximum Gasteiger partial charge on any atom is 0.311 e. The molecule has 29 heavy (non-hydrogen) atoms. The maximum atomic E-state index is 11.0. The number of aromatic nitrogens is 2. The largest absolute Gasteiger partial charge is 0.507 e. The lowest BCUT2D eigenvalue weighted by molar-refractivity contribution is 0.423. The molecule has 154 valence electrons. The van der Waals surface area contributed by atoms with Gasteiger partial charge in [0.15, 0.2) is 24.4 Å². The van der Waals surface area contributed by atoms with E-state index in [0.717, 1.165) is 36.0 Å². The first-order valence-corrected chi connectivity index (χ1v) is 11.9. The Morgan fingerprint density at radius 1 is 0.931 bits per heavy atom. The Bertz CT molecular complexity index is 1100. The second-order valence-electron chi connectivity index (χ2n) is 9.41. The number of rotatable bonds is 3. The third kappa shape index (κ3) is 4.55. The average Bonchev–Trinajstić information content (AvgIpc) is 2.90. The van der Waals surface area contributed by atoms with Crippen LogP contribution in [0, 0.1) is 7.91 Å². The first-order valence-electron chi connectivity index (χ1n) is 9.67. The highest BCUT2D eigenvalue weighted by atomic mass is 32.2. The smallest absolute Gasteiger partial charge is 0.311 e. The zero-order valence-electron chi connectivity index (χ0n) is 17.9. The van der Waals surface area contributed by atoms with Crippen molar-refractivity contribution in [1.82, 2.24) is 9.78 Å². The van der Waals surface area contributed by atoms with E-state index in [1.807, 2.05) is 35.0 Å². The minimum absolute atomic E-state index is 0.159. The Labute approximate surface area is 186 Å². The summed E-state index contributed by atoms with van der Waals surface area (Å²) in [5.41, 5.74) is 3.76. The van der Waals surface area contributed by atoms with Gasteiger partial charge in [0.05, 0.1) is 11.4 Å². The minimum atomic E-state index is -0.379. The molecule has 1 aromatic heterocycles. The van der Waals surface area contributed by atoms with Crippen molar-refractivity contribution in [3.8, 4) is 11.4 Å². The molecule has 3 aromatic rings.